The second-order valence-corrected chi connectivity index (χ2v) is 7.16. The molecule has 2 aliphatic heterocycles. The van der Waals surface area contributed by atoms with Crippen LogP contribution in [0.4, 0.5) is 0 Å². The molecular formula is C11H20N2O4S. The average molecular weight is 276 g/mol. The second-order valence-electron chi connectivity index (χ2n) is 4.93. The molecule has 0 radical (unpaired) electrons. The maximum absolute atomic E-state index is 11.6. The van der Waals surface area contributed by atoms with E-state index in [0.29, 0.717) is 13.0 Å². The molecule has 18 heavy (non-hydrogen) atoms. The molecule has 7 heteroatoms. The van der Waals surface area contributed by atoms with E-state index in [1.807, 2.05) is 0 Å². The van der Waals surface area contributed by atoms with Gasteiger partial charge in [-0.05, 0) is 19.3 Å². The predicted octanol–water partition coefficient (Wildman–Crippen LogP) is -0.942. The van der Waals surface area contributed by atoms with Gasteiger partial charge in [-0.15, -0.1) is 0 Å². The minimum atomic E-state index is -2.93. The molecule has 2 N–H and O–H groups in total. The summed E-state index contributed by atoms with van der Waals surface area (Å²) in [4.78, 5) is 11.6. The molecule has 104 valence electrons. The average Bonchev–Trinajstić information content (AvgIpc) is 2.88. The van der Waals surface area contributed by atoms with Gasteiger partial charge in [-0.25, -0.2) is 8.42 Å². The topological polar surface area (TPSA) is 84.5 Å². The Kier molecular flexibility index (Phi) is 4.58. The van der Waals surface area contributed by atoms with E-state index in [1.54, 1.807) is 0 Å². The van der Waals surface area contributed by atoms with E-state index in [-0.39, 0.29) is 36.1 Å². The molecule has 0 aromatic rings. The van der Waals surface area contributed by atoms with Crippen LogP contribution in [0.25, 0.3) is 0 Å². The Morgan fingerprint density at radius 1 is 1.33 bits per heavy atom. The first kappa shape index (κ1) is 13.8. The predicted molar refractivity (Wildman–Crippen MR) is 67.0 cm³/mol. The number of rotatable bonds is 5. The van der Waals surface area contributed by atoms with Gasteiger partial charge < -0.3 is 15.4 Å². The standard InChI is InChI=1S/C11H20N2O4S/c14-11(7-12-6-10-2-1-4-17-10)13-9-3-5-18(15,16)8-9/h9-10,12H,1-8H2,(H,13,14)/t9-,10-/m0/s1. The van der Waals surface area contributed by atoms with Crippen molar-refractivity contribution in [3.63, 3.8) is 0 Å². The molecular weight excluding hydrogens is 256 g/mol. The molecule has 2 heterocycles. The van der Waals surface area contributed by atoms with Crippen molar-refractivity contribution >= 4 is 15.7 Å². The van der Waals surface area contributed by atoms with Crippen LogP contribution in [0.3, 0.4) is 0 Å². The van der Waals surface area contributed by atoms with Gasteiger partial charge in [0.05, 0.1) is 24.2 Å². The third-order valence-corrected chi connectivity index (χ3v) is 5.05. The van der Waals surface area contributed by atoms with Crippen molar-refractivity contribution < 1.29 is 17.9 Å². The number of nitrogens with one attached hydrogen (secondary N) is 2. The molecule has 6 nitrogen and oxygen atoms in total. The van der Waals surface area contributed by atoms with Crippen molar-refractivity contribution in [3.8, 4) is 0 Å². The largest absolute Gasteiger partial charge is 0.377 e. The van der Waals surface area contributed by atoms with Crippen LogP contribution in [0.1, 0.15) is 19.3 Å². The van der Waals surface area contributed by atoms with Gasteiger partial charge in [0.15, 0.2) is 9.84 Å². The Bertz CT molecular complexity index is 390. The minimum Gasteiger partial charge on any atom is -0.377 e. The highest BCUT2D eigenvalue weighted by atomic mass is 32.2. The number of carbonyl (C=O) groups excluding carboxylic acids is 1. The van der Waals surface area contributed by atoms with Crippen LogP contribution in [0.5, 0.6) is 0 Å². The van der Waals surface area contributed by atoms with Gasteiger partial charge in [0.2, 0.25) is 5.91 Å². The summed E-state index contributed by atoms with van der Waals surface area (Å²) in [6.45, 7) is 1.70. The Morgan fingerprint density at radius 2 is 2.17 bits per heavy atom. The Labute approximate surface area is 107 Å². The van der Waals surface area contributed by atoms with E-state index < -0.39 is 9.84 Å². The van der Waals surface area contributed by atoms with Crippen molar-refractivity contribution in [2.24, 2.45) is 0 Å². The summed E-state index contributed by atoms with van der Waals surface area (Å²) in [7, 11) is -2.93. The summed E-state index contributed by atoms with van der Waals surface area (Å²) >= 11 is 0. The molecule has 0 unspecified atom stereocenters. The lowest BCUT2D eigenvalue weighted by molar-refractivity contribution is -0.120. The molecule has 0 bridgehead atoms. The van der Waals surface area contributed by atoms with Crippen LogP contribution in [0.15, 0.2) is 0 Å². The maximum atomic E-state index is 11.6. The summed E-state index contributed by atoms with van der Waals surface area (Å²) in [5.74, 6) is 0.112. The van der Waals surface area contributed by atoms with Gasteiger partial charge >= 0.3 is 0 Å². The van der Waals surface area contributed by atoms with E-state index in [0.717, 1.165) is 19.4 Å². The fourth-order valence-corrected chi connectivity index (χ4v) is 4.01. The molecule has 2 saturated heterocycles. The number of hydrogen-bond acceptors (Lipinski definition) is 5. The highest BCUT2D eigenvalue weighted by molar-refractivity contribution is 7.91. The van der Waals surface area contributed by atoms with Crippen LogP contribution in [0, 0.1) is 0 Å². The summed E-state index contributed by atoms with van der Waals surface area (Å²) < 4.78 is 27.9. The Morgan fingerprint density at radius 3 is 2.78 bits per heavy atom. The lowest BCUT2D eigenvalue weighted by Crippen LogP contribution is -2.42. The molecule has 0 aromatic heterocycles. The number of ether oxygens (including phenoxy) is 1. The smallest absolute Gasteiger partial charge is 0.234 e. The fraction of sp³-hybridized carbons (Fsp3) is 0.909. The van der Waals surface area contributed by atoms with Gasteiger partial charge in [0.1, 0.15) is 0 Å². The van der Waals surface area contributed by atoms with Crippen molar-refractivity contribution in [2.45, 2.75) is 31.4 Å². The first-order valence-electron chi connectivity index (χ1n) is 6.37. The Hall–Kier alpha value is -0.660. The molecule has 0 aromatic carbocycles. The normalized spacial score (nSPS) is 30.4. The quantitative estimate of drug-likeness (QED) is 0.677. The van der Waals surface area contributed by atoms with E-state index in [1.165, 1.54) is 0 Å². The zero-order valence-corrected chi connectivity index (χ0v) is 11.2. The number of amides is 1. The van der Waals surface area contributed by atoms with Gasteiger partial charge in [0.25, 0.3) is 0 Å². The second kappa shape index (κ2) is 5.99. The van der Waals surface area contributed by atoms with Crippen molar-refractivity contribution in [1.82, 2.24) is 10.6 Å². The van der Waals surface area contributed by atoms with Crippen LogP contribution in [-0.4, -0.2) is 57.7 Å². The molecule has 0 spiro atoms. The third kappa shape index (κ3) is 4.22. The lowest BCUT2D eigenvalue weighted by atomic mass is 10.2. The van der Waals surface area contributed by atoms with Crippen molar-refractivity contribution in [2.75, 3.05) is 31.2 Å². The van der Waals surface area contributed by atoms with E-state index in [4.69, 9.17) is 4.74 Å². The van der Waals surface area contributed by atoms with Crippen LogP contribution < -0.4 is 10.6 Å². The van der Waals surface area contributed by atoms with Crippen molar-refractivity contribution in [3.05, 3.63) is 0 Å². The minimum absolute atomic E-state index is 0.0739. The summed E-state index contributed by atoms with van der Waals surface area (Å²) in [6, 6.07) is -0.216. The summed E-state index contributed by atoms with van der Waals surface area (Å²) in [5.41, 5.74) is 0. The van der Waals surface area contributed by atoms with Gasteiger partial charge in [-0.2, -0.15) is 0 Å². The Balaban J connectivity index is 1.60. The molecule has 2 rings (SSSR count). The molecule has 2 fully saturated rings. The third-order valence-electron chi connectivity index (χ3n) is 3.28. The van der Waals surface area contributed by atoms with Crippen molar-refractivity contribution in [1.29, 1.82) is 0 Å². The summed E-state index contributed by atoms with van der Waals surface area (Å²) in [5, 5.41) is 5.77. The van der Waals surface area contributed by atoms with Gasteiger partial charge in [-0.3, -0.25) is 4.79 Å². The van der Waals surface area contributed by atoms with E-state index in [2.05, 4.69) is 10.6 Å². The molecule has 2 atom stereocenters. The lowest BCUT2D eigenvalue weighted by Gasteiger charge is -2.13. The highest BCUT2D eigenvalue weighted by Crippen LogP contribution is 2.11. The molecule has 0 aliphatic carbocycles. The number of sulfone groups is 1. The maximum Gasteiger partial charge on any atom is 0.234 e. The first-order chi connectivity index (χ1) is 8.55. The van der Waals surface area contributed by atoms with E-state index in [9.17, 15) is 13.2 Å². The molecule has 0 saturated carbocycles. The zero-order chi connectivity index (χ0) is 13.0. The first-order valence-corrected chi connectivity index (χ1v) is 8.19. The van der Waals surface area contributed by atoms with Gasteiger partial charge in [0, 0.05) is 19.2 Å². The summed E-state index contributed by atoms with van der Waals surface area (Å²) in [6.07, 6.45) is 2.86. The van der Waals surface area contributed by atoms with E-state index >= 15 is 0 Å². The zero-order valence-electron chi connectivity index (χ0n) is 10.4. The van der Waals surface area contributed by atoms with Crippen LogP contribution in [0.2, 0.25) is 0 Å². The van der Waals surface area contributed by atoms with Crippen LogP contribution >= 0.6 is 0 Å². The monoisotopic (exact) mass is 276 g/mol. The number of hydrogen-bond donors (Lipinski definition) is 2. The molecule has 2 aliphatic rings. The SMILES string of the molecule is O=C(CNC[C@@H]1CCCO1)N[C@H]1CCS(=O)(=O)C1. The number of carbonyl (C=O) groups is 1. The van der Waals surface area contributed by atoms with Crippen LogP contribution in [-0.2, 0) is 19.4 Å². The molecule has 1 amide bonds. The highest BCUT2D eigenvalue weighted by Gasteiger charge is 2.28. The fourth-order valence-electron chi connectivity index (χ4n) is 2.34. The van der Waals surface area contributed by atoms with Gasteiger partial charge in [-0.1, -0.05) is 0 Å².